The molecule has 0 bridgehead atoms. The molecule has 0 spiro atoms. The van der Waals surface area contributed by atoms with E-state index in [1.54, 1.807) is 18.9 Å². The van der Waals surface area contributed by atoms with Gasteiger partial charge in [-0.1, -0.05) is 41.0 Å². The average Bonchev–Trinajstić information content (AvgIpc) is 3.18. The summed E-state index contributed by atoms with van der Waals surface area (Å²) < 4.78 is 17.0. The van der Waals surface area contributed by atoms with Crippen molar-refractivity contribution in [1.82, 2.24) is 4.90 Å². The van der Waals surface area contributed by atoms with Gasteiger partial charge < -0.3 is 23.9 Å². The molecule has 1 saturated heterocycles. The molecule has 37 heavy (non-hydrogen) atoms. The smallest absolute Gasteiger partial charge is 0.415 e. The van der Waals surface area contributed by atoms with E-state index >= 15 is 0 Å². The highest BCUT2D eigenvalue weighted by Crippen LogP contribution is 2.44. The Labute approximate surface area is 221 Å². The lowest BCUT2D eigenvalue weighted by Gasteiger charge is -2.26. The molecule has 8 nitrogen and oxygen atoms in total. The van der Waals surface area contributed by atoms with Gasteiger partial charge in [-0.15, -0.1) is 0 Å². The molecule has 1 aliphatic heterocycles. The second-order valence-corrected chi connectivity index (χ2v) is 9.50. The predicted molar refractivity (Wildman–Crippen MR) is 142 cm³/mol. The molecule has 0 radical (unpaired) electrons. The Morgan fingerprint density at radius 1 is 1.19 bits per heavy atom. The largest absolute Gasteiger partial charge is 0.496 e. The number of carbonyl (C=O) groups excluding carboxylic acids is 2. The molecule has 9 heteroatoms. The van der Waals surface area contributed by atoms with Crippen LogP contribution in [0, 0.1) is 12.8 Å². The molecular formula is C28H31ClN2O6. The van der Waals surface area contributed by atoms with Crippen LogP contribution in [0.4, 0.5) is 4.79 Å². The normalized spacial score (nSPS) is 18.3. The zero-order valence-electron chi connectivity index (χ0n) is 21.5. The van der Waals surface area contributed by atoms with Crippen LogP contribution in [-0.2, 0) is 19.1 Å². The quantitative estimate of drug-likeness (QED) is 0.349. The van der Waals surface area contributed by atoms with Crippen LogP contribution in [-0.4, -0.2) is 63.0 Å². The number of allylic oxidation sites excluding steroid dienone is 2. The Kier molecular flexibility index (Phi) is 8.51. The minimum Gasteiger partial charge on any atom is -0.496 e. The van der Waals surface area contributed by atoms with Crippen LogP contribution in [0.2, 0.25) is 5.02 Å². The molecule has 2 aromatic carbocycles. The van der Waals surface area contributed by atoms with Crippen LogP contribution in [0.1, 0.15) is 30.9 Å². The van der Waals surface area contributed by atoms with Crippen LogP contribution >= 0.6 is 11.6 Å². The summed E-state index contributed by atoms with van der Waals surface area (Å²) in [6, 6.07) is 11.4. The van der Waals surface area contributed by atoms with Gasteiger partial charge in [-0.25, -0.2) is 4.79 Å². The summed E-state index contributed by atoms with van der Waals surface area (Å²) in [6.45, 7) is 5.49. The Balaban J connectivity index is 1.77. The number of oxime groups is 1. The molecule has 1 atom stereocenters. The monoisotopic (exact) mass is 526 g/mol. The number of rotatable bonds is 7. The van der Waals surface area contributed by atoms with Crippen molar-refractivity contribution in [3.8, 4) is 16.9 Å². The zero-order chi connectivity index (χ0) is 26.5. The van der Waals surface area contributed by atoms with Gasteiger partial charge in [0.2, 0.25) is 0 Å². The predicted octanol–water partition coefficient (Wildman–Crippen LogP) is 5.51. The number of methoxy groups -OCH3 is 1. The summed E-state index contributed by atoms with van der Waals surface area (Å²) in [4.78, 5) is 33.3. The molecule has 196 valence electrons. The molecule has 1 amide bonds. The fraction of sp³-hybridized carbons (Fsp3) is 0.393. The molecule has 1 aliphatic carbocycles. The fourth-order valence-corrected chi connectivity index (χ4v) is 5.08. The van der Waals surface area contributed by atoms with E-state index in [0.717, 1.165) is 16.7 Å². The van der Waals surface area contributed by atoms with Gasteiger partial charge in [0.1, 0.15) is 18.6 Å². The molecule has 0 aromatic heterocycles. The van der Waals surface area contributed by atoms with Gasteiger partial charge in [0.25, 0.3) is 0 Å². The van der Waals surface area contributed by atoms with Crippen LogP contribution in [0.15, 0.2) is 47.3 Å². The molecule has 0 saturated carbocycles. The first kappa shape index (κ1) is 26.7. The SMILES string of the molecule is CON=C(C)CC1CC(OC(=O)N2CCOCC2)=C(c2c(C)cc(-c3ccccc3Cl)cc2OC)C1=O. The van der Waals surface area contributed by atoms with Crippen LogP contribution in [0.25, 0.3) is 16.7 Å². The Hall–Kier alpha value is -3.36. The number of amides is 1. The van der Waals surface area contributed by atoms with Crippen molar-refractivity contribution in [1.29, 1.82) is 0 Å². The number of ketones is 1. The number of nitrogens with zero attached hydrogens (tertiary/aromatic N) is 2. The Morgan fingerprint density at radius 3 is 2.59 bits per heavy atom. The summed E-state index contributed by atoms with van der Waals surface area (Å²) in [5, 5.41) is 4.58. The van der Waals surface area contributed by atoms with Gasteiger partial charge in [0.15, 0.2) is 5.78 Å². The van der Waals surface area contributed by atoms with E-state index in [9.17, 15) is 9.59 Å². The van der Waals surface area contributed by atoms with Crippen LogP contribution in [0.5, 0.6) is 5.75 Å². The first-order valence-corrected chi connectivity index (χ1v) is 12.5. The van der Waals surface area contributed by atoms with Crippen molar-refractivity contribution < 1.29 is 28.6 Å². The fourth-order valence-electron chi connectivity index (χ4n) is 4.83. The highest BCUT2D eigenvalue weighted by Gasteiger charge is 2.39. The van der Waals surface area contributed by atoms with Crippen molar-refractivity contribution in [2.45, 2.75) is 26.7 Å². The maximum Gasteiger partial charge on any atom is 0.415 e. The summed E-state index contributed by atoms with van der Waals surface area (Å²) in [5.41, 5.74) is 4.17. The molecular weight excluding hydrogens is 496 g/mol. The zero-order valence-corrected chi connectivity index (χ0v) is 22.3. The lowest BCUT2D eigenvalue weighted by molar-refractivity contribution is -0.116. The van der Waals surface area contributed by atoms with Crippen LogP contribution < -0.4 is 4.74 Å². The van der Waals surface area contributed by atoms with E-state index in [0.29, 0.717) is 66.1 Å². The van der Waals surface area contributed by atoms with E-state index in [1.807, 2.05) is 43.3 Å². The number of hydrogen-bond acceptors (Lipinski definition) is 7. The standard InChI is InChI=1S/C28H31ClN2O6/c1-17-13-19(21-7-5-6-8-22(21)29)15-23(34-3)25(17)26-24(37-28(33)31-9-11-36-12-10-31)16-20(27(26)32)14-18(2)30-35-4/h5-8,13,15,20H,9-12,14,16H2,1-4H3. The van der Waals surface area contributed by atoms with E-state index in [1.165, 1.54) is 7.11 Å². The average molecular weight is 527 g/mol. The molecule has 2 aromatic rings. The van der Waals surface area contributed by atoms with Crippen molar-refractivity contribution in [2.75, 3.05) is 40.5 Å². The number of hydrogen-bond donors (Lipinski definition) is 0. The third-order valence-electron chi connectivity index (χ3n) is 6.55. The highest BCUT2D eigenvalue weighted by molar-refractivity contribution is 6.33. The first-order valence-electron chi connectivity index (χ1n) is 12.2. The molecule has 1 unspecified atom stereocenters. The highest BCUT2D eigenvalue weighted by atomic mass is 35.5. The first-order chi connectivity index (χ1) is 17.8. The van der Waals surface area contributed by atoms with Gasteiger partial charge in [-0.3, -0.25) is 4.79 Å². The Bertz CT molecular complexity index is 1250. The third-order valence-corrected chi connectivity index (χ3v) is 6.88. The van der Waals surface area contributed by atoms with Crippen molar-refractivity contribution in [3.05, 3.63) is 58.3 Å². The second kappa shape index (κ2) is 11.8. The van der Waals surface area contributed by atoms with E-state index in [-0.39, 0.29) is 12.2 Å². The van der Waals surface area contributed by atoms with E-state index < -0.39 is 12.0 Å². The molecule has 4 rings (SSSR count). The molecule has 1 fully saturated rings. The van der Waals surface area contributed by atoms with Crippen molar-refractivity contribution >= 4 is 34.8 Å². The summed E-state index contributed by atoms with van der Waals surface area (Å²) >= 11 is 6.45. The van der Waals surface area contributed by atoms with E-state index in [2.05, 4.69) is 5.16 Å². The van der Waals surface area contributed by atoms with Crippen molar-refractivity contribution in [3.63, 3.8) is 0 Å². The maximum atomic E-state index is 13.8. The molecule has 0 N–H and O–H groups in total. The third kappa shape index (κ3) is 5.81. The summed E-state index contributed by atoms with van der Waals surface area (Å²) in [7, 11) is 3.02. The maximum absolute atomic E-state index is 13.8. The number of halogens is 1. The number of Topliss-reactive ketones (excluding diaryl/α,β-unsaturated/α-hetero) is 1. The van der Waals surface area contributed by atoms with Gasteiger partial charge in [0, 0.05) is 41.6 Å². The summed E-state index contributed by atoms with van der Waals surface area (Å²) in [6.07, 6.45) is 0.166. The number of carbonyl (C=O) groups is 2. The summed E-state index contributed by atoms with van der Waals surface area (Å²) in [5.74, 6) is 0.279. The van der Waals surface area contributed by atoms with E-state index in [4.69, 9.17) is 30.6 Å². The minimum atomic E-state index is -0.490. The van der Waals surface area contributed by atoms with Gasteiger partial charge in [-0.2, -0.15) is 0 Å². The lowest BCUT2D eigenvalue weighted by Crippen LogP contribution is -2.40. The minimum absolute atomic E-state index is 0.123. The van der Waals surface area contributed by atoms with Crippen LogP contribution in [0.3, 0.4) is 0 Å². The molecule has 2 aliphatic rings. The van der Waals surface area contributed by atoms with Gasteiger partial charge in [-0.05, 0) is 43.5 Å². The molecule has 1 heterocycles. The lowest BCUT2D eigenvalue weighted by atomic mass is 9.90. The van der Waals surface area contributed by atoms with Gasteiger partial charge >= 0.3 is 6.09 Å². The van der Waals surface area contributed by atoms with Crippen molar-refractivity contribution in [2.24, 2.45) is 11.1 Å². The number of aryl methyl sites for hydroxylation is 1. The topological polar surface area (TPSA) is 86.7 Å². The number of morpholine rings is 1. The van der Waals surface area contributed by atoms with Gasteiger partial charge in [0.05, 0.1) is 31.6 Å². The second-order valence-electron chi connectivity index (χ2n) is 9.09. The Morgan fingerprint density at radius 2 is 1.92 bits per heavy atom. The number of ether oxygens (including phenoxy) is 3. The number of benzene rings is 2.